The molecular formula is C10H18N4O2. The molecule has 0 saturated carbocycles. The van der Waals surface area contributed by atoms with Crippen molar-refractivity contribution in [3.63, 3.8) is 0 Å². The van der Waals surface area contributed by atoms with Crippen LogP contribution in [0.4, 0.5) is 5.69 Å². The summed E-state index contributed by atoms with van der Waals surface area (Å²) >= 11 is 0. The largest absolute Gasteiger partial charge is 0.383 e. The van der Waals surface area contributed by atoms with E-state index in [0.717, 1.165) is 31.9 Å². The Bertz CT molecular complexity index is 353. The van der Waals surface area contributed by atoms with E-state index in [4.69, 9.17) is 4.74 Å². The lowest BCUT2D eigenvalue weighted by atomic mass is 10.4. The van der Waals surface area contributed by atoms with E-state index >= 15 is 0 Å². The monoisotopic (exact) mass is 226 g/mol. The van der Waals surface area contributed by atoms with Gasteiger partial charge in [-0.05, 0) is 7.05 Å². The molecule has 0 fully saturated rings. The quantitative estimate of drug-likeness (QED) is 0.671. The highest BCUT2D eigenvalue weighted by Gasteiger charge is 1.98. The van der Waals surface area contributed by atoms with Gasteiger partial charge >= 0.3 is 0 Å². The fraction of sp³-hybridized carbons (Fsp3) is 0.600. The van der Waals surface area contributed by atoms with E-state index in [1.165, 1.54) is 6.07 Å². The molecule has 0 amide bonds. The number of H-pyrrole nitrogens is 1. The molecule has 0 atom stereocenters. The Morgan fingerprint density at radius 2 is 2.38 bits per heavy atom. The number of hydrogen-bond acceptors (Lipinski definition) is 5. The average Bonchev–Trinajstić information content (AvgIpc) is 2.26. The number of rotatable bonds is 7. The SMILES string of the molecule is COCCN(C)CCNc1cn[nH]c(=O)c1. The summed E-state index contributed by atoms with van der Waals surface area (Å²) in [6, 6.07) is 1.49. The highest BCUT2D eigenvalue weighted by Crippen LogP contribution is 1.97. The van der Waals surface area contributed by atoms with Crippen molar-refractivity contribution < 1.29 is 4.74 Å². The summed E-state index contributed by atoms with van der Waals surface area (Å²) in [5.41, 5.74) is 0.543. The van der Waals surface area contributed by atoms with Gasteiger partial charge in [-0.3, -0.25) is 4.79 Å². The van der Waals surface area contributed by atoms with Crippen molar-refractivity contribution in [1.82, 2.24) is 15.1 Å². The van der Waals surface area contributed by atoms with Crippen molar-refractivity contribution in [3.8, 4) is 0 Å². The fourth-order valence-electron chi connectivity index (χ4n) is 1.22. The summed E-state index contributed by atoms with van der Waals surface area (Å²) in [6.07, 6.45) is 1.59. The number of methoxy groups -OCH3 is 1. The first-order valence-corrected chi connectivity index (χ1v) is 5.18. The first-order valence-electron chi connectivity index (χ1n) is 5.18. The third-order valence-corrected chi connectivity index (χ3v) is 2.16. The Balaban J connectivity index is 2.22. The Kier molecular flexibility index (Phi) is 5.52. The van der Waals surface area contributed by atoms with E-state index in [1.54, 1.807) is 13.3 Å². The fourth-order valence-corrected chi connectivity index (χ4v) is 1.22. The normalized spacial score (nSPS) is 10.7. The lowest BCUT2D eigenvalue weighted by molar-refractivity contribution is 0.163. The van der Waals surface area contributed by atoms with Crippen LogP contribution in [0.5, 0.6) is 0 Å². The maximum absolute atomic E-state index is 10.9. The third kappa shape index (κ3) is 4.90. The van der Waals surface area contributed by atoms with E-state index in [-0.39, 0.29) is 5.56 Å². The molecule has 0 saturated heterocycles. The second-order valence-corrected chi connectivity index (χ2v) is 3.56. The Labute approximate surface area is 94.6 Å². The number of likely N-dealkylation sites (N-methyl/N-ethyl adjacent to an activating group) is 1. The lowest BCUT2D eigenvalue weighted by Crippen LogP contribution is -2.28. The first-order chi connectivity index (χ1) is 7.72. The topological polar surface area (TPSA) is 70.2 Å². The highest BCUT2D eigenvalue weighted by atomic mass is 16.5. The van der Waals surface area contributed by atoms with Crippen molar-refractivity contribution in [1.29, 1.82) is 0 Å². The van der Waals surface area contributed by atoms with Gasteiger partial charge in [0.2, 0.25) is 0 Å². The predicted molar refractivity (Wildman–Crippen MR) is 62.7 cm³/mol. The molecule has 0 bridgehead atoms. The van der Waals surface area contributed by atoms with Crippen LogP contribution in [0.15, 0.2) is 17.1 Å². The Morgan fingerprint density at radius 3 is 3.06 bits per heavy atom. The number of aromatic amines is 1. The van der Waals surface area contributed by atoms with Crippen LogP contribution in [-0.4, -0.2) is 55.5 Å². The molecule has 1 aromatic rings. The van der Waals surface area contributed by atoms with E-state index < -0.39 is 0 Å². The summed E-state index contributed by atoms with van der Waals surface area (Å²) in [5.74, 6) is 0. The van der Waals surface area contributed by atoms with Gasteiger partial charge in [0.1, 0.15) is 0 Å². The molecular weight excluding hydrogens is 208 g/mol. The molecule has 0 aliphatic carbocycles. The van der Waals surface area contributed by atoms with E-state index in [1.807, 2.05) is 7.05 Å². The van der Waals surface area contributed by atoms with Crippen LogP contribution in [0.3, 0.4) is 0 Å². The maximum atomic E-state index is 10.9. The molecule has 0 aliphatic heterocycles. The smallest absolute Gasteiger partial charge is 0.266 e. The summed E-state index contributed by atoms with van der Waals surface area (Å²) in [7, 11) is 3.71. The zero-order valence-electron chi connectivity index (χ0n) is 9.69. The molecule has 0 aliphatic rings. The number of ether oxygens (including phenoxy) is 1. The maximum Gasteiger partial charge on any atom is 0.266 e. The number of aromatic nitrogens is 2. The summed E-state index contributed by atoms with van der Waals surface area (Å²) < 4.78 is 4.98. The standard InChI is InChI=1S/C10H18N4O2/c1-14(5-6-16-2)4-3-11-9-7-10(15)13-12-8-9/h7-8H,3-6H2,1-2H3,(H2,11,13,15). The van der Waals surface area contributed by atoms with Crippen molar-refractivity contribution >= 4 is 5.69 Å². The van der Waals surface area contributed by atoms with Crippen LogP contribution in [0.2, 0.25) is 0 Å². The molecule has 6 nitrogen and oxygen atoms in total. The van der Waals surface area contributed by atoms with Crippen LogP contribution < -0.4 is 10.9 Å². The molecule has 0 spiro atoms. The van der Waals surface area contributed by atoms with Gasteiger partial charge in [-0.25, -0.2) is 5.10 Å². The average molecular weight is 226 g/mol. The zero-order valence-corrected chi connectivity index (χ0v) is 9.69. The minimum absolute atomic E-state index is 0.197. The number of anilines is 1. The lowest BCUT2D eigenvalue weighted by Gasteiger charge is -2.16. The van der Waals surface area contributed by atoms with Gasteiger partial charge in [0.05, 0.1) is 18.5 Å². The Hall–Kier alpha value is -1.40. The predicted octanol–water partition coefficient (Wildman–Crippen LogP) is -0.240. The molecule has 0 aromatic carbocycles. The summed E-state index contributed by atoms with van der Waals surface area (Å²) in [6.45, 7) is 3.27. The zero-order chi connectivity index (χ0) is 11.8. The number of nitrogens with zero attached hydrogens (tertiary/aromatic N) is 2. The van der Waals surface area contributed by atoms with Gasteiger partial charge in [0.25, 0.3) is 5.56 Å². The molecule has 2 N–H and O–H groups in total. The van der Waals surface area contributed by atoms with Crippen molar-refractivity contribution in [2.75, 3.05) is 45.7 Å². The van der Waals surface area contributed by atoms with Crippen LogP contribution in [-0.2, 0) is 4.74 Å². The van der Waals surface area contributed by atoms with E-state index in [9.17, 15) is 4.79 Å². The van der Waals surface area contributed by atoms with Crippen molar-refractivity contribution in [2.24, 2.45) is 0 Å². The third-order valence-electron chi connectivity index (χ3n) is 2.16. The van der Waals surface area contributed by atoms with Gasteiger partial charge in [0.15, 0.2) is 0 Å². The molecule has 0 unspecified atom stereocenters. The molecule has 16 heavy (non-hydrogen) atoms. The van der Waals surface area contributed by atoms with Crippen molar-refractivity contribution in [2.45, 2.75) is 0 Å². The van der Waals surface area contributed by atoms with Crippen LogP contribution in [0.25, 0.3) is 0 Å². The van der Waals surface area contributed by atoms with Gasteiger partial charge in [-0.2, -0.15) is 5.10 Å². The van der Waals surface area contributed by atoms with Gasteiger partial charge < -0.3 is 15.0 Å². The van der Waals surface area contributed by atoms with Crippen LogP contribution in [0, 0.1) is 0 Å². The highest BCUT2D eigenvalue weighted by molar-refractivity contribution is 5.38. The Morgan fingerprint density at radius 1 is 1.56 bits per heavy atom. The number of nitrogens with one attached hydrogen (secondary N) is 2. The van der Waals surface area contributed by atoms with Crippen LogP contribution >= 0.6 is 0 Å². The summed E-state index contributed by atoms with van der Waals surface area (Å²) in [5, 5.41) is 9.15. The van der Waals surface area contributed by atoms with E-state index in [0.29, 0.717) is 0 Å². The second-order valence-electron chi connectivity index (χ2n) is 3.56. The second kappa shape index (κ2) is 6.97. The number of hydrogen-bond donors (Lipinski definition) is 2. The molecule has 90 valence electrons. The van der Waals surface area contributed by atoms with Crippen LogP contribution in [0.1, 0.15) is 0 Å². The molecule has 1 rings (SSSR count). The molecule has 6 heteroatoms. The molecule has 1 aromatic heterocycles. The molecule has 0 radical (unpaired) electrons. The van der Waals surface area contributed by atoms with Gasteiger partial charge in [0, 0.05) is 32.8 Å². The minimum Gasteiger partial charge on any atom is -0.383 e. The van der Waals surface area contributed by atoms with Crippen molar-refractivity contribution in [3.05, 3.63) is 22.6 Å². The van der Waals surface area contributed by atoms with E-state index in [2.05, 4.69) is 20.4 Å². The first kappa shape index (κ1) is 12.7. The summed E-state index contributed by atoms with van der Waals surface area (Å²) in [4.78, 5) is 13.1. The van der Waals surface area contributed by atoms with Gasteiger partial charge in [-0.1, -0.05) is 0 Å². The van der Waals surface area contributed by atoms with Gasteiger partial charge in [-0.15, -0.1) is 0 Å². The molecule has 1 heterocycles. The minimum atomic E-state index is -0.197.